The fourth-order valence-electron chi connectivity index (χ4n) is 2.58. The molecule has 24 heavy (non-hydrogen) atoms. The molecule has 0 radical (unpaired) electrons. The van der Waals surface area contributed by atoms with Crippen LogP contribution in [0, 0.1) is 11.3 Å². The van der Waals surface area contributed by atoms with Crippen molar-refractivity contribution in [1.82, 2.24) is 5.32 Å². The van der Waals surface area contributed by atoms with E-state index in [1.165, 1.54) is 6.07 Å². The third kappa shape index (κ3) is 4.25. The first-order valence-electron chi connectivity index (χ1n) is 7.32. The van der Waals surface area contributed by atoms with Gasteiger partial charge in [0.25, 0.3) is 5.91 Å². The molecule has 0 aliphatic heterocycles. The average Bonchev–Trinajstić information content (AvgIpc) is 3.01. The molecule has 1 aliphatic carbocycles. The number of carbonyl (C=O) groups is 2. The highest BCUT2D eigenvalue weighted by Gasteiger charge is 2.35. The molecular weight excluding hydrogens is 325 g/mol. The summed E-state index contributed by atoms with van der Waals surface area (Å²) in [5.41, 5.74) is -2.22. The Labute approximate surface area is 136 Å². The van der Waals surface area contributed by atoms with E-state index in [1.807, 2.05) is 0 Å². The Kier molecular flexibility index (Phi) is 5.12. The molecule has 2 rings (SSSR count). The smallest absolute Gasteiger partial charge is 0.416 e. The predicted octanol–water partition coefficient (Wildman–Crippen LogP) is 2.81. The summed E-state index contributed by atoms with van der Waals surface area (Å²) in [6, 6.07) is 5.80. The number of esters is 1. The molecule has 5 nitrogen and oxygen atoms in total. The first-order valence-corrected chi connectivity index (χ1v) is 7.32. The third-order valence-electron chi connectivity index (χ3n) is 3.81. The van der Waals surface area contributed by atoms with Crippen molar-refractivity contribution >= 4 is 11.9 Å². The molecule has 1 fully saturated rings. The summed E-state index contributed by atoms with van der Waals surface area (Å²) in [7, 11) is 0. The summed E-state index contributed by atoms with van der Waals surface area (Å²) in [6.07, 6.45) is -1.89. The second kappa shape index (κ2) is 6.91. The summed E-state index contributed by atoms with van der Waals surface area (Å²) in [6.45, 7) is -0.654. The van der Waals surface area contributed by atoms with Gasteiger partial charge in [-0.2, -0.15) is 18.4 Å². The molecule has 1 saturated carbocycles. The van der Waals surface area contributed by atoms with E-state index in [9.17, 15) is 22.8 Å². The highest BCUT2D eigenvalue weighted by atomic mass is 19.4. The van der Waals surface area contributed by atoms with Gasteiger partial charge in [-0.3, -0.25) is 4.79 Å². The standard InChI is InChI=1S/C16H15F3N2O3/c17-16(18,19)12-5-3-4-11(8-12)14(23)24-9-13(22)21-15(10-20)6-1-2-7-15/h3-5,8H,1-2,6-7,9H2,(H,21,22). The summed E-state index contributed by atoms with van der Waals surface area (Å²) in [5.74, 6) is -1.69. The number of hydrogen-bond acceptors (Lipinski definition) is 4. The van der Waals surface area contributed by atoms with Crippen molar-refractivity contribution in [2.75, 3.05) is 6.61 Å². The topological polar surface area (TPSA) is 79.2 Å². The maximum Gasteiger partial charge on any atom is 0.416 e. The molecular formula is C16H15F3N2O3. The molecule has 0 aromatic heterocycles. The lowest BCUT2D eigenvalue weighted by atomic mass is 10.00. The summed E-state index contributed by atoms with van der Waals surface area (Å²) >= 11 is 0. The zero-order valence-electron chi connectivity index (χ0n) is 12.7. The predicted molar refractivity (Wildman–Crippen MR) is 76.7 cm³/mol. The zero-order chi connectivity index (χ0) is 17.8. The Morgan fingerprint density at radius 1 is 1.29 bits per heavy atom. The SMILES string of the molecule is N#CC1(NC(=O)COC(=O)c2cccc(C(F)(F)F)c2)CCCC1. The fourth-order valence-corrected chi connectivity index (χ4v) is 2.58. The van der Waals surface area contributed by atoms with Crippen LogP contribution in [0.5, 0.6) is 0 Å². The van der Waals surface area contributed by atoms with E-state index in [4.69, 9.17) is 10.00 Å². The molecule has 1 N–H and O–H groups in total. The number of ether oxygens (including phenoxy) is 1. The Bertz CT molecular complexity index is 674. The van der Waals surface area contributed by atoms with E-state index in [0.29, 0.717) is 18.9 Å². The maximum atomic E-state index is 12.6. The van der Waals surface area contributed by atoms with E-state index in [1.54, 1.807) is 0 Å². The van der Waals surface area contributed by atoms with E-state index in [-0.39, 0.29) is 5.56 Å². The van der Waals surface area contributed by atoms with Crippen molar-refractivity contribution in [3.8, 4) is 6.07 Å². The van der Waals surface area contributed by atoms with Gasteiger partial charge in [0.05, 0.1) is 17.2 Å². The summed E-state index contributed by atoms with van der Waals surface area (Å²) < 4.78 is 42.6. The van der Waals surface area contributed by atoms with Crippen molar-refractivity contribution in [3.05, 3.63) is 35.4 Å². The van der Waals surface area contributed by atoms with Crippen LogP contribution >= 0.6 is 0 Å². The number of nitrogens with zero attached hydrogens (tertiary/aromatic N) is 1. The van der Waals surface area contributed by atoms with Crippen LogP contribution < -0.4 is 5.32 Å². The fraction of sp³-hybridized carbons (Fsp3) is 0.438. The molecule has 128 valence electrons. The average molecular weight is 340 g/mol. The van der Waals surface area contributed by atoms with Crippen LogP contribution in [0.2, 0.25) is 0 Å². The van der Waals surface area contributed by atoms with Crippen LogP contribution in [0.3, 0.4) is 0 Å². The van der Waals surface area contributed by atoms with Crippen molar-refractivity contribution < 1.29 is 27.5 Å². The van der Waals surface area contributed by atoms with Gasteiger partial charge in [-0.25, -0.2) is 4.79 Å². The van der Waals surface area contributed by atoms with Crippen molar-refractivity contribution in [2.45, 2.75) is 37.4 Å². The molecule has 0 bridgehead atoms. The largest absolute Gasteiger partial charge is 0.452 e. The van der Waals surface area contributed by atoms with Gasteiger partial charge >= 0.3 is 12.1 Å². The first kappa shape index (κ1) is 17.8. The summed E-state index contributed by atoms with van der Waals surface area (Å²) in [5, 5.41) is 11.7. The van der Waals surface area contributed by atoms with Gasteiger partial charge in [0, 0.05) is 0 Å². The molecule has 0 saturated heterocycles. The molecule has 8 heteroatoms. The lowest BCUT2D eigenvalue weighted by Crippen LogP contribution is -2.46. The number of rotatable bonds is 4. The lowest BCUT2D eigenvalue weighted by Gasteiger charge is -2.21. The minimum Gasteiger partial charge on any atom is -0.452 e. The van der Waals surface area contributed by atoms with Gasteiger partial charge < -0.3 is 10.1 Å². The molecule has 0 atom stereocenters. The molecule has 1 amide bonds. The number of halogens is 3. The summed E-state index contributed by atoms with van der Waals surface area (Å²) in [4.78, 5) is 23.6. The number of nitrogens with one attached hydrogen (secondary N) is 1. The highest BCUT2D eigenvalue weighted by Crippen LogP contribution is 2.30. The zero-order valence-corrected chi connectivity index (χ0v) is 12.7. The molecule has 1 aromatic carbocycles. The van der Waals surface area contributed by atoms with Crippen LogP contribution in [0.25, 0.3) is 0 Å². The van der Waals surface area contributed by atoms with E-state index < -0.39 is 35.8 Å². The Hall–Kier alpha value is -2.56. The van der Waals surface area contributed by atoms with E-state index >= 15 is 0 Å². The minimum absolute atomic E-state index is 0.298. The Morgan fingerprint density at radius 2 is 1.96 bits per heavy atom. The second-order valence-electron chi connectivity index (χ2n) is 5.60. The van der Waals surface area contributed by atoms with Crippen LogP contribution in [0.1, 0.15) is 41.6 Å². The van der Waals surface area contributed by atoms with Gasteiger partial charge in [0.1, 0.15) is 5.54 Å². The molecule has 1 aliphatic rings. The Balaban J connectivity index is 1.94. The van der Waals surface area contributed by atoms with Crippen LogP contribution in [0.15, 0.2) is 24.3 Å². The third-order valence-corrected chi connectivity index (χ3v) is 3.81. The maximum absolute atomic E-state index is 12.6. The number of hydrogen-bond donors (Lipinski definition) is 1. The molecule has 0 unspecified atom stereocenters. The van der Waals surface area contributed by atoms with E-state index in [0.717, 1.165) is 25.0 Å². The van der Waals surface area contributed by atoms with Gasteiger partial charge in [-0.1, -0.05) is 6.07 Å². The first-order chi connectivity index (χ1) is 11.3. The van der Waals surface area contributed by atoms with Gasteiger partial charge in [0.2, 0.25) is 0 Å². The van der Waals surface area contributed by atoms with Gasteiger partial charge in [0.15, 0.2) is 6.61 Å². The Morgan fingerprint density at radius 3 is 2.54 bits per heavy atom. The minimum atomic E-state index is -4.57. The van der Waals surface area contributed by atoms with Crippen molar-refractivity contribution in [1.29, 1.82) is 5.26 Å². The van der Waals surface area contributed by atoms with Gasteiger partial charge in [-0.15, -0.1) is 0 Å². The number of alkyl halides is 3. The number of amides is 1. The normalized spacial score (nSPS) is 16.2. The molecule has 0 heterocycles. The van der Waals surface area contributed by atoms with Crippen molar-refractivity contribution in [2.24, 2.45) is 0 Å². The number of carbonyl (C=O) groups excluding carboxylic acids is 2. The van der Waals surface area contributed by atoms with E-state index in [2.05, 4.69) is 11.4 Å². The van der Waals surface area contributed by atoms with Crippen LogP contribution in [-0.2, 0) is 15.7 Å². The van der Waals surface area contributed by atoms with Gasteiger partial charge in [-0.05, 0) is 43.9 Å². The number of nitriles is 1. The van der Waals surface area contributed by atoms with Crippen LogP contribution in [0.4, 0.5) is 13.2 Å². The highest BCUT2D eigenvalue weighted by molar-refractivity contribution is 5.91. The lowest BCUT2D eigenvalue weighted by molar-refractivity contribution is -0.137. The second-order valence-corrected chi connectivity index (χ2v) is 5.60. The van der Waals surface area contributed by atoms with Crippen molar-refractivity contribution in [3.63, 3.8) is 0 Å². The number of benzene rings is 1. The monoisotopic (exact) mass is 340 g/mol. The molecule has 1 aromatic rings. The van der Waals surface area contributed by atoms with Crippen LogP contribution in [-0.4, -0.2) is 24.0 Å². The molecule has 0 spiro atoms. The quantitative estimate of drug-likeness (QED) is 0.855.